The summed E-state index contributed by atoms with van der Waals surface area (Å²) in [5, 5.41) is 11.7. The molecule has 154 valence electrons. The average Bonchev–Trinajstić information content (AvgIpc) is 2.64. The zero-order valence-corrected chi connectivity index (χ0v) is 16.6. The van der Waals surface area contributed by atoms with Gasteiger partial charge in [-0.1, -0.05) is 25.4 Å². The summed E-state index contributed by atoms with van der Waals surface area (Å²) in [6.07, 6.45) is -1.17. The van der Waals surface area contributed by atoms with Gasteiger partial charge in [-0.25, -0.2) is 4.79 Å². The fraction of sp³-hybridized carbons (Fsp3) is 0.600. The van der Waals surface area contributed by atoms with Gasteiger partial charge in [0.25, 0.3) is 0 Å². The molecule has 1 unspecified atom stereocenters. The van der Waals surface area contributed by atoms with Crippen LogP contribution < -0.4 is 5.32 Å². The van der Waals surface area contributed by atoms with E-state index in [0.717, 1.165) is 37.8 Å². The van der Waals surface area contributed by atoms with Crippen LogP contribution >= 0.6 is 11.6 Å². The molecule has 0 heterocycles. The quantitative estimate of drug-likeness (QED) is 0.607. The number of hydrogen-bond acceptors (Lipinski definition) is 4. The minimum absolute atomic E-state index is 0.0823. The lowest BCUT2D eigenvalue weighted by atomic mass is 9.83. The number of nitrogens with one attached hydrogen (secondary N) is 1. The molecule has 0 spiro atoms. The van der Waals surface area contributed by atoms with Crippen molar-refractivity contribution < 1.29 is 22.7 Å². The van der Waals surface area contributed by atoms with Crippen LogP contribution in [0.1, 0.15) is 45.1 Å². The van der Waals surface area contributed by atoms with E-state index < -0.39 is 23.8 Å². The van der Waals surface area contributed by atoms with Crippen molar-refractivity contribution in [3.05, 3.63) is 28.8 Å². The van der Waals surface area contributed by atoms with Crippen molar-refractivity contribution in [2.24, 2.45) is 17.8 Å². The Morgan fingerprint density at radius 1 is 1.32 bits per heavy atom. The van der Waals surface area contributed by atoms with Gasteiger partial charge < -0.3 is 10.1 Å². The molecule has 1 atom stereocenters. The summed E-state index contributed by atoms with van der Waals surface area (Å²) in [5.74, 6) is -0.302. The molecule has 28 heavy (non-hydrogen) atoms. The zero-order chi connectivity index (χ0) is 20.9. The van der Waals surface area contributed by atoms with Crippen molar-refractivity contribution in [2.45, 2.75) is 51.7 Å². The Hall–Kier alpha value is -1.94. The number of ether oxygens (including phenoxy) is 1. The van der Waals surface area contributed by atoms with Gasteiger partial charge in [0, 0.05) is 5.92 Å². The molecular weight excluding hydrogens is 393 g/mol. The fourth-order valence-corrected chi connectivity index (χ4v) is 3.46. The molecule has 0 aliphatic heterocycles. The lowest BCUT2D eigenvalue weighted by molar-refractivity contribution is -0.147. The number of benzene rings is 1. The average molecular weight is 417 g/mol. The van der Waals surface area contributed by atoms with Gasteiger partial charge in [-0.15, -0.1) is 0 Å². The number of nitrogens with zero attached hydrogens (tertiary/aromatic N) is 1. The van der Waals surface area contributed by atoms with Gasteiger partial charge in [0.1, 0.15) is 6.04 Å². The van der Waals surface area contributed by atoms with E-state index in [4.69, 9.17) is 21.6 Å². The number of anilines is 1. The Morgan fingerprint density at radius 2 is 1.96 bits per heavy atom. The molecule has 1 aliphatic rings. The Balaban J connectivity index is 1.97. The molecule has 0 radical (unpaired) electrons. The number of halogens is 4. The van der Waals surface area contributed by atoms with E-state index in [1.54, 1.807) is 0 Å². The molecule has 1 aromatic rings. The molecule has 0 aromatic heterocycles. The smallest absolute Gasteiger partial charge is 0.416 e. The van der Waals surface area contributed by atoms with Gasteiger partial charge in [0.05, 0.1) is 28.9 Å². The highest BCUT2D eigenvalue weighted by Crippen LogP contribution is 2.34. The first kappa shape index (κ1) is 22.4. The number of carbonyl (C=O) groups excluding carboxylic acids is 1. The van der Waals surface area contributed by atoms with Crippen LogP contribution in [0, 0.1) is 29.1 Å². The SMILES string of the molecule is CC(C)C(Nc1ccc(C(F)(F)F)cc1Cl)C(=O)OCC1CCC(C#N)CC1. The maximum absolute atomic E-state index is 12.8. The van der Waals surface area contributed by atoms with Crippen LogP contribution in [-0.4, -0.2) is 18.6 Å². The number of nitriles is 1. The third kappa shape index (κ3) is 6.03. The maximum Gasteiger partial charge on any atom is 0.416 e. The summed E-state index contributed by atoms with van der Waals surface area (Å²) in [5.41, 5.74) is -0.598. The zero-order valence-electron chi connectivity index (χ0n) is 15.9. The second-order valence-electron chi connectivity index (χ2n) is 7.54. The Morgan fingerprint density at radius 3 is 2.46 bits per heavy atom. The van der Waals surface area contributed by atoms with Gasteiger partial charge in [0.15, 0.2) is 0 Å². The number of carbonyl (C=O) groups is 1. The van der Waals surface area contributed by atoms with Gasteiger partial charge in [-0.3, -0.25) is 0 Å². The molecule has 1 saturated carbocycles. The monoisotopic (exact) mass is 416 g/mol. The highest BCUT2D eigenvalue weighted by Gasteiger charge is 2.32. The molecule has 2 rings (SSSR count). The van der Waals surface area contributed by atoms with Gasteiger partial charge in [0.2, 0.25) is 0 Å². The summed E-state index contributed by atoms with van der Waals surface area (Å²) in [6.45, 7) is 3.91. The van der Waals surface area contributed by atoms with Crippen LogP contribution in [0.3, 0.4) is 0 Å². The first-order chi connectivity index (χ1) is 13.1. The van der Waals surface area contributed by atoms with Crippen molar-refractivity contribution in [1.82, 2.24) is 0 Å². The van der Waals surface area contributed by atoms with Crippen LogP contribution in [0.15, 0.2) is 18.2 Å². The normalized spacial score (nSPS) is 21.1. The molecule has 4 nitrogen and oxygen atoms in total. The second kappa shape index (κ2) is 9.51. The summed E-state index contributed by atoms with van der Waals surface area (Å²) in [7, 11) is 0. The van der Waals surface area contributed by atoms with Crippen LogP contribution in [0.4, 0.5) is 18.9 Å². The maximum atomic E-state index is 12.8. The van der Waals surface area contributed by atoms with E-state index in [2.05, 4.69) is 11.4 Å². The molecule has 0 amide bonds. The van der Waals surface area contributed by atoms with E-state index in [1.807, 2.05) is 13.8 Å². The van der Waals surface area contributed by atoms with Gasteiger partial charge in [-0.05, 0) is 55.7 Å². The molecular formula is C20H24ClF3N2O2. The largest absolute Gasteiger partial charge is 0.464 e. The third-order valence-electron chi connectivity index (χ3n) is 5.02. The second-order valence-corrected chi connectivity index (χ2v) is 7.94. The van der Waals surface area contributed by atoms with E-state index in [1.165, 1.54) is 6.07 Å². The predicted molar refractivity (Wildman–Crippen MR) is 101 cm³/mol. The highest BCUT2D eigenvalue weighted by molar-refractivity contribution is 6.33. The number of esters is 1. The fourth-order valence-electron chi connectivity index (χ4n) is 3.22. The summed E-state index contributed by atoms with van der Waals surface area (Å²) in [6, 6.07) is 4.51. The molecule has 8 heteroatoms. The highest BCUT2D eigenvalue weighted by atomic mass is 35.5. The van der Waals surface area contributed by atoms with Crippen molar-refractivity contribution in [1.29, 1.82) is 5.26 Å². The molecule has 1 fully saturated rings. The molecule has 1 N–H and O–H groups in total. The molecule has 1 aromatic carbocycles. The van der Waals surface area contributed by atoms with Crippen molar-refractivity contribution >= 4 is 23.3 Å². The minimum atomic E-state index is -4.48. The van der Waals surface area contributed by atoms with Gasteiger partial charge in [-0.2, -0.15) is 18.4 Å². The van der Waals surface area contributed by atoms with E-state index >= 15 is 0 Å². The van der Waals surface area contributed by atoms with E-state index in [9.17, 15) is 18.0 Å². The number of rotatable bonds is 6. The predicted octanol–water partition coefficient (Wildman–Crippen LogP) is 5.67. The molecule has 0 bridgehead atoms. The third-order valence-corrected chi connectivity index (χ3v) is 5.33. The Kier molecular flexibility index (Phi) is 7.59. The first-order valence-corrected chi connectivity index (χ1v) is 9.69. The van der Waals surface area contributed by atoms with Crippen LogP contribution in [0.25, 0.3) is 0 Å². The van der Waals surface area contributed by atoms with E-state index in [0.29, 0.717) is 0 Å². The van der Waals surface area contributed by atoms with Crippen molar-refractivity contribution in [3.8, 4) is 6.07 Å². The molecule has 0 saturated heterocycles. The standard InChI is InChI=1S/C20H24ClF3N2O2/c1-12(2)18(19(27)28-11-14-5-3-13(10-25)4-6-14)26-17-8-7-15(9-16(17)21)20(22,23)24/h7-9,12-14,18,26H,3-6,11H2,1-2H3. The number of alkyl halides is 3. The first-order valence-electron chi connectivity index (χ1n) is 9.31. The van der Waals surface area contributed by atoms with Crippen LogP contribution in [0.2, 0.25) is 5.02 Å². The Bertz CT molecular complexity index is 723. The topological polar surface area (TPSA) is 62.1 Å². The molecule has 1 aliphatic carbocycles. The lowest BCUT2D eigenvalue weighted by Gasteiger charge is -2.27. The van der Waals surface area contributed by atoms with E-state index in [-0.39, 0.29) is 35.1 Å². The minimum Gasteiger partial charge on any atom is -0.464 e. The Labute approximate surface area is 168 Å². The van der Waals surface area contributed by atoms with Gasteiger partial charge >= 0.3 is 12.1 Å². The lowest BCUT2D eigenvalue weighted by Crippen LogP contribution is -2.37. The summed E-state index contributed by atoms with van der Waals surface area (Å²) < 4.78 is 43.8. The number of hydrogen-bond donors (Lipinski definition) is 1. The van der Waals surface area contributed by atoms with Crippen LogP contribution in [-0.2, 0) is 15.7 Å². The van der Waals surface area contributed by atoms with Crippen LogP contribution in [0.5, 0.6) is 0 Å². The van der Waals surface area contributed by atoms with Crippen molar-refractivity contribution in [3.63, 3.8) is 0 Å². The van der Waals surface area contributed by atoms with Crippen molar-refractivity contribution in [2.75, 3.05) is 11.9 Å². The summed E-state index contributed by atoms with van der Waals surface area (Å²) in [4.78, 5) is 12.5. The summed E-state index contributed by atoms with van der Waals surface area (Å²) >= 11 is 5.97.